The second-order valence-corrected chi connectivity index (χ2v) is 2.80. The number of aromatic nitrogens is 1. The van der Waals surface area contributed by atoms with E-state index in [0.29, 0.717) is 0 Å². The molecule has 0 fully saturated rings. The van der Waals surface area contributed by atoms with E-state index in [-0.39, 0.29) is 0 Å². The van der Waals surface area contributed by atoms with Gasteiger partial charge in [0, 0.05) is 17.5 Å². The largest absolute Gasteiger partial charge is 0.478 e. The molecule has 0 saturated carbocycles. The summed E-state index contributed by atoms with van der Waals surface area (Å²) in [4.78, 5) is 14.5. The van der Waals surface area contributed by atoms with E-state index in [4.69, 9.17) is 5.11 Å². The van der Waals surface area contributed by atoms with Crippen LogP contribution in [0, 0.1) is 13.8 Å². The molecule has 68 valence electrons. The molecule has 3 nitrogen and oxygen atoms in total. The van der Waals surface area contributed by atoms with Gasteiger partial charge in [-0.3, -0.25) is 4.98 Å². The van der Waals surface area contributed by atoms with Crippen LogP contribution in [0.3, 0.4) is 0 Å². The van der Waals surface area contributed by atoms with Gasteiger partial charge in [-0.1, -0.05) is 6.07 Å². The van der Waals surface area contributed by atoms with Crippen LogP contribution < -0.4 is 0 Å². The Kier molecular flexibility index (Phi) is 2.80. The van der Waals surface area contributed by atoms with Crippen LogP contribution in [0.25, 0.3) is 6.08 Å². The molecule has 1 N–H and O–H groups in total. The molecule has 3 heteroatoms. The number of pyridine rings is 1. The second-order valence-electron chi connectivity index (χ2n) is 2.80. The average Bonchev–Trinajstić information content (AvgIpc) is 2.02. The van der Waals surface area contributed by atoms with Gasteiger partial charge in [-0.2, -0.15) is 0 Å². The third kappa shape index (κ3) is 2.71. The Labute approximate surface area is 76.7 Å². The van der Waals surface area contributed by atoms with Gasteiger partial charge >= 0.3 is 5.97 Å². The lowest BCUT2D eigenvalue weighted by molar-refractivity contribution is -0.131. The van der Waals surface area contributed by atoms with E-state index < -0.39 is 5.97 Å². The maximum Gasteiger partial charge on any atom is 0.328 e. The molecule has 13 heavy (non-hydrogen) atoms. The highest BCUT2D eigenvalue weighted by atomic mass is 16.4. The van der Waals surface area contributed by atoms with Crippen molar-refractivity contribution in [1.29, 1.82) is 0 Å². The number of carboxylic acids is 1. The summed E-state index contributed by atoms with van der Waals surface area (Å²) in [6.07, 6.45) is 2.66. The van der Waals surface area contributed by atoms with E-state index in [2.05, 4.69) is 4.98 Å². The standard InChI is InChI=1S/C10H11NO2/c1-7-3-4-9(8(2)11-7)5-6-10(12)13/h3-6H,1-2H3,(H,12,13)/b6-5+. The fourth-order valence-electron chi connectivity index (χ4n) is 1.03. The van der Waals surface area contributed by atoms with Gasteiger partial charge in [0.25, 0.3) is 0 Å². The zero-order chi connectivity index (χ0) is 9.84. The highest BCUT2D eigenvalue weighted by Crippen LogP contribution is 2.07. The van der Waals surface area contributed by atoms with Crippen molar-refractivity contribution >= 4 is 12.0 Å². The van der Waals surface area contributed by atoms with Crippen molar-refractivity contribution in [2.24, 2.45) is 0 Å². The summed E-state index contributed by atoms with van der Waals surface area (Å²) >= 11 is 0. The Morgan fingerprint density at radius 3 is 2.69 bits per heavy atom. The van der Waals surface area contributed by atoms with Crippen LogP contribution in [0.1, 0.15) is 17.0 Å². The minimum atomic E-state index is -0.944. The number of hydrogen-bond acceptors (Lipinski definition) is 2. The van der Waals surface area contributed by atoms with Gasteiger partial charge in [0.1, 0.15) is 0 Å². The van der Waals surface area contributed by atoms with Gasteiger partial charge in [-0.05, 0) is 31.6 Å². The minimum Gasteiger partial charge on any atom is -0.478 e. The lowest BCUT2D eigenvalue weighted by Crippen LogP contribution is -1.90. The fourth-order valence-corrected chi connectivity index (χ4v) is 1.03. The zero-order valence-corrected chi connectivity index (χ0v) is 7.61. The summed E-state index contributed by atoms with van der Waals surface area (Å²) in [6.45, 7) is 3.76. The number of carbonyl (C=O) groups is 1. The molecule has 0 aliphatic rings. The smallest absolute Gasteiger partial charge is 0.328 e. The van der Waals surface area contributed by atoms with E-state index >= 15 is 0 Å². The summed E-state index contributed by atoms with van der Waals surface area (Å²) in [6, 6.07) is 3.71. The van der Waals surface area contributed by atoms with Crippen LogP contribution >= 0.6 is 0 Å². The molecule has 1 rings (SSSR count). The van der Waals surface area contributed by atoms with Crippen LogP contribution in [0.4, 0.5) is 0 Å². The van der Waals surface area contributed by atoms with Gasteiger partial charge in [-0.25, -0.2) is 4.79 Å². The van der Waals surface area contributed by atoms with E-state index in [9.17, 15) is 4.79 Å². The van der Waals surface area contributed by atoms with Gasteiger partial charge in [0.05, 0.1) is 0 Å². The molecule has 0 saturated heterocycles. The Hall–Kier alpha value is -1.64. The maximum atomic E-state index is 10.2. The molecule has 1 heterocycles. The summed E-state index contributed by atoms with van der Waals surface area (Å²) in [7, 11) is 0. The molecule has 0 bridgehead atoms. The van der Waals surface area contributed by atoms with Crippen LogP contribution in [0.15, 0.2) is 18.2 Å². The Morgan fingerprint density at radius 1 is 1.46 bits per heavy atom. The quantitative estimate of drug-likeness (QED) is 0.701. The first-order valence-corrected chi connectivity index (χ1v) is 3.95. The first kappa shape index (κ1) is 9.45. The van der Waals surface area contributed by atoms with Gasteiger partial charge in [0.15, 0.2) is 0 Å². The lowest BCUT2D eigenvalue weighted by Gasteiger charge is -1.99. The number of carboxylic acid groups (broad SMARTS) is 1. The highest BCUT2D eigenvalue weighted by Gasteiger charge is 1.96. The first-order valence-electron chi connectivity index (χ1n) is 3.95. The topological polar surface area (TPSA) is 50.2 Å². The predicted molar refractivity (Wildman–Crippen MR) is 50.4 cm³/mol. The molecule has 0 aliphatic heterocycles. The number of rotatable bonds is 2. The van der Waals surface area contributed by atoms with Crippen LogP contribution in [-0.2, 0) is 4.79 Å². The lowest BCUT2D eigenvalue weighted by atomic mass is 10.2. The van der Waals surface area contributed by atoms with E-state index in [1.165, 1.54) is 0 Å². The third-order valence-corrected chi connectivity index (χ3v) is 1.67. The van der Waals surface area contributed by atoms with Gasteiger partial charge < -0.3 is 5.11 Å². The first-order chi connectivity index (χ1) is 6.09. The minimum absolute atomic E-state index is 0.841. The van der Waals surface area contributed by atoms with Crippen molar-refractivity contribution in [1.82, 2.24) is 4.98 Å². The summed E-state index contributed by atoms with van der Waals surface area (Å²) in [5.74, 6) is -0.944. The van der Waals surface area contributed by atoms with Crippen LogP contribution in [0.2, 0.25) is 0 Å². The molecule has 0 spiro atoms. The molecule has 0 amide bonds. The van der Waals surface area contributed by atoms with Gasteiger partial charge in [0.2, 0.25) is 0 Å². The predicted octanol–water partition coefficient (Wildman–Crippen LogP) is 1.80. The van der Waals surface area contributed by atoms with Crippen molar-refractivity contribution in [3.63, 3.8) is 0 Å². The van der Waals surface area contributed by atoms with Crippen molar-refractivity contribution in [3.05, 3.63) is 35.2 Å². The number of nitrogens with zero attached hydrogens (tertiary/aromatic N) is 1. The Balaban J connectivity index is 2.96. The number of hydrogen-bond donors (Lipinski definition) is 1. The van der Waals surface area contributed by atoms with Crippen molar-refractivity contribution in [2.75, 3.05) is 0 Å². The molecule has 1 aromatic heterocycles. The summed E-state index contributed by atoms with van der Waals surface area (Å²) in [5, 5.41) is 8.41. The van der Waals surface area contributed by atoms with E-state index in [1.54, 1.807) is 6.08 Å². The molecular weight excluding hydrogens is 166 g/mol. The van der Waals surface area contributed by atoms with Crippen LogP contribution in [0.5, 0.6) is 0 Å². The fraction of sp³-hybridized carbons (Fsp3) is 0.200. The Bertz CT molecular complexity index is 356. The second kappa shape index (κ2) is 3.85. The van der Waals surface area contributed by atoms with E-state index in [0.717, 1.165) is 23.0 Å². The molecule has 0 atom stereocenters. The van der Waals surface area contributed by atoms with Crippen molar-refractivity contribution < 1.29 is 9.90 Å². The Morgan fingerprint density at radius 2 is 2.15 bits per heavy atom. The average molecular weight is 177 g/mol. The van der Waals surface area contributed by atoms with Gasteiger partial charge in [-0.15, -0.1) is 0 Å². The molecule has 0 unspecified atom stereocenters. The van der Waals surface area contributed by atoms with Crippen molar-refractivity contribution in [3.8, 4) is 0 Å². The maximum absolute atomic E-state index is 10.2. The molecular formula is C10H11NO2. The molecule has 0 radical (unpaired) electrons. The summed E-state index contributed by atoms with van der Waals surface area (Å²) in [5.41, 5.74) is 2.62. The zero-order valence-electron chi connectivity index (χ0n) is 7.61. The molecule has 0 aromatic carbocycles. The highest BCUT2D eigenvalue weighted by molar-refractivity contribution is 5.85. The number of aliphatic carboxylic acids is 1. The summed E-state index contributed by atoms with van der Waals surface area (Å²) < 4.78 is 0. The normalized spacial score (nSPS) is 10.6. The molecule has 0 aliphatic carbocycles. The number of aryl methyl sites for hydroxylation is 2. The SMILES string of the molecule is Cc1ccc(/C=C/C(=O)O)c(C)n1. The van der Waals surface area contributed by atoms with Crippen molar-refractivity contribution in [2.45, 2.75) is 13.8 Å². The molecule has 1 aromatic rings. The van der Waals surface area contributed by atoms with Crippen LogP contribution in [-0.4, -0.2) is 16.1 Å². The van der Waals surface area contributed by atoms with E-state index in [1.807, 2.05) is 26.0 Å². The monoisotopic (exact) mass is 177 g/mol. The third-order valence-electron chi connectivity index (χ3n) is 1.67.